The van der Waals surface area contributed by atoms with Crippen molar-refractivity contribution >= 4 is 11.7 Å². The molecule has 1 heterocycles. The summed E-state index contributed by atoms with van der Waals surface area (Å²) in [6.07, 6.45) is 0. The van der Waals surface area contributed by atoms with E-state index in [2.05, 4.69) is 5.10 Å². The van der Waals surface area contributed by atoms with Crippen LogP contribution < -0.4 is 5.73 Å². The summed E-state index contributed by atoms with van der Waals surface area (Å²) in [5.41, 5.74) is 11.3. The lowest BCUT2D eigenvalue weighted by Gasteiger charge is -2.11. The highest BCUT2D eigenvalue weighted by Crippen LogP contribution is 2.16. The zero-order valence-electron chi connectivity index (χ0n) is 12.9. The molecule has 0 radical (unpaired) electrons. The van der Waals surface area contributed by atoms with Gasteiger partial charge in [0.25, 0.3) is 0 Å². The van der Waals surface area contributed by atoms with Gasteiger partial charge in [0.1, 0.15) is 13.2 Å². The normalized spacial score (nSPS) is 10.7. The summed E-state index contributed by atoms with van der Waals surface area (Å²) >= 11 is 0. The number of nitrogens with zero attached hydrogens (tertiary/aromatic N) is 2. The SMILES string of the molecule is Cc1cccc(C)c1COC(=O)Cn1nc(C)c(N)c1C. The molecule has 0 bridgehead atoms. The molecule has 2 N–H and O–H groups in total. The standard InChI is InChI=1S/C16H21N3O2/c1-10-6-5-7-11(2)14(10)9-21-15(20)8-19-13(4)16(17)12(3)18-19/h5-7H,8-9,17H2,1-4H3. The third-order valence-electron chi connectivity index (χ3n) is 3.74. The van der Waals surface area contributed by atoms with Crippen LogP contribution in [0.1, 0.15) is 28.1 Å². The Bertz CT molecular complexity index is 654. The number of anilines is 1. The maximum Gasteiger partial charge on any atom is 0.328 e. The minimum Gasteiger partial charge on any atom is -0.459 e. The molecule has 112 valence electrons. The van der Waals surface area contributed by atoms with E-state index in [0.717, 1.165) is 28.1 Å². The van der Waals surface area contributed by atoms with Crippen LogP contribution in [0.3, 0.4) is 0 Å². The van der Waals surface area contributed by atoms with Gasteiger partial charge in [0, 0.05) is 0 Å². The van der Waals surface area contributed by atoms with Crippen molar-refractivity contribution < 1.29 is 9.53 Å². The molecular weight excluding hydrogens is 266 g/mol. The van der Waals surface area contributed by atoms with Gasteiger partial charge in [-0.1, -0.05) is 18.2 Å². The molecule has 0 unspecified atom stereocenters. The molecule has 2 aromatic rings. The van der Waals surface area contributed by atoms with Gasteiger partial charge in [-0.2, -0.15) is 5.10 Å². The Kier molecular flexibility index (Phi) is 4.31. The Morgan fingerprint density at radius 3 is 2.38 bits per heavy atom. The molecule has 5 heteroatoms. The van der Waals surface area contributed by atoms with E-state index in [1.807, 2.05) is 45.9 Å². The third-order valence-corrected chi connectivity index (χ3v) is 3.74. The number of nitrogen functional groups attached to an aromatic ring is 1. The van der Waals surface area contributed by atoms with E-state index >= 15 is 0 Å². The summed E-state index contributed by atoms with van der Waals surface area (Å²) in [6, 6.07) is 6.02. The van der Waals surface area contributed by atoms with Crippen molar-refractivity contribution in [2.75, 3.05) is 5.73 Å². The quantitative estimate of drug-likeness (QED) is 0.877. The summed E-state index contributed by atoms with van der Waals surface area (Å²) in [5, 5.41) is 4.23. The van der Waals surface area contributed by atoms with Crippen molar-refractivity contribution in [1.82, 2.24) is 9.78 Å². The minimum atomic E-state index is -0.316. The summed E-state index contributed by atoms with van der Waals surface area (Å²) in [4.78, 5) is 12.0. The van der Waals surface area contributed by atoms with Gasteiger partial charge < -0.3 is 10.5 Å². The van der Waals surface area contributed by atoms with E-state index in [1.165, 1.54) is 0 Å². The van der Waals surface area contributed by atoms with Gasteiger partial charge in [-0.3, -0.25) is 9.48 Å². The number of nitrogens with two attached hydrogens (primary N) is 1. The highest BCUT2D eigenvalue weighted by Gasteiger charge is 2.13. The maximum atomic E-state index is 12.0. The number of carbonyl (C=O) groups is 1. The monoisotopic (exact) mass is 287 g/mol. The topological polar surface area (TPSA) is 70.1 Å². The molecule has 5 nitrogen and oxygen atoms in total. The molecule has 0 aliphatic carbocycles. The predicted octanol–water partition coefficient (Wildman–Crippen LogP) is 2.44. The van der Waals surface area contributed by atoms with Crippen molar-refractivity contribution in [2.24, 2.45) is 0 Å². The average molecular weight is 287 g/mol. The molecule has 0 aliphatic heterocycles. The lowest BCUT2D eigenvalue weighted by molar-refractivity contribution is -0.145. The van der Waals surface area contributed by atoms with E-state index in [0.29, 0.717) is 5.69 Å². The molecular formula is C16H21N3O2. The van der Waals surface area contributed by atoms with Crippen molar-refractivity contribution in [3.8, 4) is 0 Å². The smallest absolute Gasteiger partial charge is 0.328 e. The van der Waals surface area contributed by atoms with Crippen molar-refractivity contribution in [2.45, 2.75) is 40.8 Å². The number of esters is 1. The zero-order chi connectivity index (χ0) is 15.6. The summed E-state index contributed by atoms with van der Waals surface area (Å²) in [7, 11) is 0. The fourth-order valence-corrected chi connectivity index (χ4v) is 2.26. The second-order valence-electron chi connectivity index (χ2n) is 5.27. The van der Waals surface area contributed by atoms with E-state index in [4.69, 9.17) is 10.5 Å². The molecule has 0 atom stereocenters. The van der Waals surface area contributed by atoms with Crippen LogP contribution in [-0.4, -0.2) is 15.7 Å². The van der Waals surface area contributed by atoms with Gasteiger partial charge in [-0.05, 0) is 44.4 Å². The van der Waals surface area contributed by atoms with Crippen molar-refractivity contribution in [1.29, 1.82) is 0 Å². The number of hydrogen-bond acceptors (Lipinski definition) is 4. The molecule has 1 aromatic heterocycles. The second-order valence-corrected chi connectivity index (χ2v) is 5.27. The van der Waals surface area contributed by atoms with Crippen LogP contribution in [0.4, 0.5) is 5.69 Å². The molecule has 21 heavy (non-hydrogen) atoms. The Hall–Kier alpha value is -2.30. The zero-order valence-corrected chi connectivity index (χ0v) is 12.9. The van der Waals surface area contributed by atoms with Gasteiger partial charge in [0.05, 0.1) is 17.1 Å². The van der Waals surface area contributed by atoms with Crippen LogP contribution in [0.25, 0.3) is 0 Å². The highest BCUT2D eigenvalue weighted by atomic mass is 16.5. The lowest BCUT2D eigenvalue weighted by Crippen LogP contribution is -2.16. The van der Waals surface area contributed by atoms with Gasteiger partial charge in [0.15, 0.2) is 0 Å². The molecule has 0 amide bonds. The first kappa shape index (κ1) is 15.1. The fraction of sp³-hybridized carbons (Fsp3) is 0.375. The molecule has 0 saturated carbocycles. The maximum absolute atomic E-state index is 12.0. The number of rotatable bonds is 4. The van der Waals surface area contributed by atoms with Crippen molar-refractivity contribution in [3.63, 3.8) is 0 Å². The van der Waals surface area contributed by atoms with E-state index in [9.17, 15) is 4.79 Å². The van der Waals surface area contributed by atoms with E-state index < -0.39 is 0 Å². The summed E-state index contributed by atoms with van der Waals surface area (Å²) in [5.74, 6) is -0.316. The lowest BCUT2D eigenvalue weighted by atomic mass is 10.0. The van der Waals surface area contributed by atoms with Gasteiger partial charge in [0.2, 0.25) is 0 Å². The minimum absolute atomic E-state index is 0.0782. The predicted molar refractivity (Wildman–Crippen MR) is 81.8 cm³/mol. The number of hydrogen-bond donors (Lipinski definition) is 1. The van der Waals surface area contributed by atoms with Crippen LogP contribution in [0, 0.1) is 27.7 Å². The van der Waals surface area contributed by atoms with Gasteiger partial charge >= 0.3 is 5.97 Å². The Balaban J connectivity index is 2.01. The number of ether oxygens (including phenoxy) is 1. The number of aromatic nitrogens is 2. The van der Waals surface area contributed by atoms with Crippen LogP contribution in [-0.2, 0) is 22.7 Å². The van der Waals surface area contributed by atoms with Gasteiger partial charge in [-0.15, -0.1) is 0 Å². The molecule has 0 spiro atoms. The summed E-state index contributed by atoms with van der Waals surface area (Å²) in [6.45, 7) is 8.05. The van der Waals surface area contributed by atoms with Crippen LogP contribution in [0.5, 0.6) is 0 Å². The first-order valence-corrected chi connectivity index (χ1v) is 6.90. The van der Waals surface area contributed by atoms with Crippen molar-refractivity contribution in [3.05, 3.63) is 46.3 Å². The molecule has 0 fully saturated rings. The second kappa shape index (κ2) is 5.99. The van der Waals surface area contributed by atoms with E-state index in [1.54, 1.807) is 4.68 Å². The Morgan fingerprint density at radius 2 is 1.86 bits per heavy atom. The number of aryl methyl sites for hydroxylation is 3. The number of carbonyl (C=O) groups excluding carboxylic acids is 1. The molecule has 1 aromatic carbocycles. The Morgan fingerprint density at radius 1 is 1.24 bits per heavy atom. The number of benzene rings is 1. The van der Waals surface area contributed by atoms with Gasteiger partial charge in [-0.25, -0.2) is 0 Å². The fourth-order valence-electron chi connectivity index (χ4n) is 2.26. The average Bonchev–Trinajstić information content (AvgIpc) is 2.66. The molecule has 0 aliphatic rings. The van der Waals surface area contributed by atoms with Crippen LogP contribution in [0.2, 0.25) is 0 Å². The molecule has 2 rings (SSSR count). The first-order chi connectivity index (χ1) is 9.90. The van der Waals surface area contributed by atoms with Crippen LogP contribution in [0.15, 0.2) is 18.2 Å². The Labute approximate surface area is 124 Å². The molecule has 0 saturated heterocycles. The first-order valence-electron chi connectivity index (χ1n) is 6.90. The van der Waals surface area contributed by atoms with E-state index in [-0.39, 0.29) is 19.1 Å². The van der Waals surface area contributed by atoms with Crippen LogP contribution >= 0.6 is 0 Å². The largest absolute Gasteiger partial charge is 0.459 e. The third kappa shape index (κ3) is 3.24. The highest BCUT2D eigenvalue weighted by molar-refractivity contribution is 5.69. The summed E-state index contributed by atoms with van der Waals surface area (Å²) < 4.78 is 6.94.